The third kappa shape index (κ3) is 1.40. The second-order valence-corrected chi connectivity index (χ2v) is 7.04. The van der Waals surface area contributed by atoms with Crippen LogP contribution in [0.2, 0.25) is 0 Å². The van der Waals surface area contributed by atoms with Crippen molar-refractivity contribution in [2.24, 2.45) is 0 Å². The van der Waals surface area contributed by atoms with Gasteiger partial charge in [0.05, 0.1) is 0 Å². The van der Waals surface area contributed by atoms with Gasteiger partial charge < -0.3 is 9.84 Å². The van der Waals surface area contributed by atoms with Crippen molar-refractivity contribution in [2.45, 2.75) is 63.4 Å². The van der Waals surface area contributed by atoms with Crippen molar-refractivity contribution in [3.05, 3.63) is 22.3 Å². The lowest BCUT2D eigenvalue weighted by molar-refractivity contribution is 0.0824. The van der Waals surface area contributed by atoms with E-state index in [0.29, 0.717) is 17.4 Å². The third-order valence-corrected chi connectivity index (χ3v) is 5.32. The van der Waals surface area contributed by atoms with Crippen molar-refractivity contribution in [2.75, 3.05) is 0 Å². The fourth-order valence-corrected chi connectivity index (χ4v) is 4.36. The first-order valence-corrected chi connectivity index (χ1v) is 7.52. The number of ether oxygens (including phenoxy) is 1. The molecule has 1 N–H and O–H groups in total. The summed E-state index contributed by atoms with van der Waals surface area (Å²) in [5.41, 5.74) is 3.47. The molecule has 2 aliphatic carbocycles. The highest BCUT2D eigenvalue weighted by Gasteiger charge is 2.45. The van der Waals surface area contributed by atoms with Crippen molar-refractivity contribution < 1.29 is 9.84 Å². The fraction of sp³-hybridized carbons (Fsp3) is 0.588. The molecule has 0 saturated heterocycles. The Hall–Kier alpha value is -1.69. The van der Waals surface area contributed by atoms with Crippen molar-refractivity contribution >= 4 is 0 Å². The van der Waals surface area contributed by atoms with E-state index in [0.717, 1.165) is 42.6 Å². The van der Waals surface area contributed by atoms with Crippen LogP contribution in [0.3, 0.4) is 0 Å². The van der Waals surface area contributed by atoms with Crippen LogP contribution in [-0.2, 0) is 6.42 Å². The molecule has 3 heteroatoms. The Labute approximate surface area is 119 Å². The quantitative estimate of drug-likeness (QED) is 0.780. The number of phenolic OH excluding ortho intramolecular Hbond substituents is 1. The highest BCUT2D eigenvalue weighted by atomic mass is 16.5. The van der Waals surface area contributed by atoms with Gasteiger partial charge in [-0.1, -0.05) is 0 Å². The first-order chi connectivity index (χ1) is 9.52. The van der Waals surface area contributed by atoms with Gasteiger partial charge in [0.1, 0.15) is 28.7 Å². The molecular formula is C17H19NO2. The van der Waals surface area contributed by atoms with Gasteiger partial charge in [0.2, 0.25) is 0 Å². The van der Waals surface area contributed by atoms with Crippen LogP contribution in [0, 0.1) is 11.3 Å². The summed E-state index contributed by atoms with van der Waals surface area (Å²) < 4.78 is 6.25. The topological polar surface area (TPSA) is 53.2 Å². The first kappa shape index (κ1) is 12.1. The molecule has 1 fully saturated rings. The maximum absolute atomic E-state index is 10.5. The molecule has 3 nitrogen and oxygen atoms in total. The predicted octanol–water partition coefficient (Wildman–Crippen LogP) is 3.73. The Morgan fingerprint density at radius 2 is 1.95 bits per heavy atom. The molecule has 20 heavy (non-hydrogen) atoms. The summed E-state index contributed by atoms with van der Waals surface area (Å²) >= 11 is 0. The normalized spacial score (nSPS) is 28.4. The van der Waals surface area contributed by atoms with E-state index in [1.54, 1.807) is 0 Å². The predicted molar refractivity (Wildman–Crippen MR) is 75.2 cm³/mol. The lowest BCUT2D eigenvalue weighted by Gasteiger charge is -2.36. The zero-order valence-corrected chi connectivity index (χ0v) is 12.0. The minimum absolute atomic E-state index is 0.174. The molecule has 1 aliphatic heterocycles. The van der Waals surface area contributed by atoms with Crippen LogP contribution in [0.5, 0.6) is 11.5 Å². The zero-order chi connectivity index (χ0) is 14.1. The van der Waals surface area contributed by atoms with Gasteiger partial charge in [-0.25, -0.2) is 0 Å². The Balaban J connectivity index is 2.02. The van der Waals surface area contributed by atoms with Gasteiger partial charge in [-0.3, -0.25) is 0 Å². The molecule has 2 atom stereocenters. The average Bonchev–Trinajstić information content (AvgIpc) is 3.00. The number of nitriles is 1. The highest BCUT2D eigenvalue weighted by molar-refractivity contribution is 5.68. The summed E-state index contributed by atoms with van der Waals surface area (Å²) in [5.74, 6) is 2.13. The van der Waals surface area contributed by atoms with E-state index in [4.69, 9.17) is 4.74 Å². The first-order valence-electron chi connectivity index (χ1n) is 7.52. The van der Waals surface area contributed by atoms with E-state index >= 15 is 0 Å². The summed E-state index contributed by atoms with van der Waals surface area (Å²) in [6, 6.07) is 2.21. The number of hydrogen-bond donors (Lipinski definition) is 1. The molecule has 0 amide bonds. The Morgan fingerprint density at radius 1 is 1.25 bits per heavy atom. The van der Waals surface area contributed by atoms with E-state index in [1.807, 2.05) is 0 Å². The molecule has 2 bridgehead atoms. The molecule has 4 rings (SSSR count). The van der Waals surface area contributed by atoms with E-state index in [-0.39, 0.29) is 11.4 Å². The van der Waals surface area contributed by atoms with Gasteiger partial charge in [0.25, 0.3) is 0 Å². The minimum Gasteiger partial charge on any atom is -0.506 e. The maximum atomic E-state index is 10.5. The molecule has 104 valence electrons. The third-order valence-electron chi connectivity index (χ3n) is 5.32. The van der Waals surface area contributed by atoms with Gasteiger partial charge in [0.15, 0.2) is 0 Å². The Kier molecular flexibility index (Phi) is 2.23. The van der Waals surface area contributed by atoms with Crippen molar-refractivity contribution in [1.29, 1.82) is 5.26 Å². The molecule has 1 saturated carbocycles. The lowest BCUT2D eigenvalue weighted by atomic mass is 9.82. The van der Waals surface area contributed by atoms with Crippen molar-refractivity contribution in [3.63, 3.8) is 0 Å². The van der Waals surface area contributed by atoms with Crippen LogP contribution in [0.25, 0.3) is 0 Å². The second kappa shape index (κ2) is 3.69. The second-order valence-electron chi connectivity index (χ2n) is 7.04. The summed E-state index contributed by atoms with van der Waals surface area (Å²) in [4.78, 5) is 0. The number of rotatable bonds is 0. The molecule has 1 heterocycles. The molecule has 3 aliphatic rings. The Morgan fingerprint density at radius 3 is 2.65 bits per heavy atom. The van der Waals surface area contributed by atoms with E-state index in [1.165, 1.54) is 12.0 Å². The smallest absolute Gasteiger partial charge is 0.137 e. The number of benzene rings is 1. The van der Waals surface area contributed by atoms with Crippen LogP contribution in [0.1, 0.15) is 73.6 Å². The molecular weight excluding hydrogens is 250 g/mol. The van der Waals surface area contributed by atoms with Crippen LogP contribution in [-0.4, -0.2) is 10.7 Å². The monoisotopic (exact) mass is 269 g/mol. The van der Waals surface area contributed by atoms with Crippen LogP contribution >= 0.6 is 0 Å². The molecule has 2 unspecified atom stereocenters. The van der Waals surface area contributed by atoms with E-state index in [9.17, 15) is 10.4 Å². The summed E-state index contributed by atoms with van der Waals surface area (Å²) in [5, 5.41) is 20.0. The zero-order valence-electron chi connectivity index (χ0n) is 12.0. The van der Waals surface area contributed by atoms with Crippen LogP contribution < -0.4 is 4.74 Å². The van der Waals surface area contributed by atoms with Gasteiger partial charge in [-0.2, -0.15) is 5.26 Å². The van der Waals surface area contributed by atoms with Gasteiger partial charge in [-0.15, -0.1) is 0 Å². The molecule has 0 spiro atoms. The van der Waals surface area contributed by atoms with Crippen LogP contribution in [0.4, 0.5) is 0 Å². The largest absolute Gasteiger partial charge is 0.506 e. The van der Waals surface area contributed by atoms with Crippen molar-refractivity contribution in [3.8, 4) is 17.6 Å². The summed E-state index contributed by atoms with van der Waals surface area (Å²) in [7, 11) is 0. The number of phenols is 1. The SMILES string of the molecule is CC1(C)CCc2c(C#N)c(O)c3c(c2O1)C1CCC3C1. The van der Waals surface area contributed by atoms with Gasteiger partial charge >= 0.3 is 0 Å². The minimum atomic E-state index is -0.174. The summed E-state index contributed by atoms with van der Waals surface area (Å²) in [6.07, 6.45) is 5.16. The highest BCUT2D eigenvalue weighted by Crippen LogP contribution is 2.61. The number of hydrogen-bond acceptors (Lipinski definition) is 3. The maximum Gasteiger partial charge on any atom is 0.137 e. The summed E-state index contributed by atoms with van der Waals surface area (Å²) in [6.45, 7) is 4.21. The molecule has 0 radical (unpaired) electrons. The standard InChI is InChI=1S/C17H19NO2/c1-17(2)6-5-11-12(8-18)15(19)13-9-3-4-10(7-9)14(13)16(11)20-17/h9-10,19H,3-7H2,1-2H3. The molecule has 1 aromatic rings. The van der Waals surface area contributed by atoms with E-state index < -0.39 is 0 Å². The lowest BCUT2D eigenvalue weighted by Crippen LogP contribution is -2.34. The van der Waals surface area contributed by atoms with Crippen molar-refractivity contribution in [1.82, 2.24) is 0 Å². The van der Waals surface area contributed by atoms with Crippen LogP contribution in [0.15, 0.2) is 0 Å². The number of aromatic hydroxyl groups is 1. The average molecular weight is 269 g/mol. The van der Waals surface area contributed by atoms with Gasteiger partial charge in [-0.05, 0) is 57.8 Å². The van der Waals surface area contributed by atoms with Gasteiger partial charge in [0, 0.05) is 16.7 Å². The molecule has 1 aromatic carbocycles. The molecule has 0 aromatic heterocycles. The number of fused-ring (bicyclic) bond motifs is 7. The fourth-order valence-electron chi connectivity index (χ4n) is 4.36. The Bertz CT molecular complexity index is 654. The number of nitrogens with zero attached hydrogens (tertiary/aromatic N) is 1. The van der Waals surface area contributed by atoms with E-state index in [2.05, 4.69) is 19.9 Å².